The Morgan fingerprint density at radius 3 is 2.21 bits per heavy atom. The van der Waals surface area contributed by atoms with Gasteiger partial charge >= 0.3 is 0 Å². The standard InChI is InChI=1S/C24H28Cl3N3O3/c1-15(33-21-8-5-16(25)13-19(21)27)22(31)28-17-6-7-20(18(26)14-17)29-9-11-30(12-10-29)23(32)24(2,3)4/h5-8,13-15H,9-12H2,1-4H3,(H,28,31). The van der Waals surface area contributed by atoms with E-state index in [1.807, 2.05) is 31.7 Å². The van der Waals surface area contributed by atoms with Crippen LogP contribution >= 0.6 is 34.8 Å². The van der Waals surface area contributed by atoms with Crippen LogP contribution in [0.5, 0.6) is 5.75 Å². The van der Waals surface area contributed by atoms with Gasteiger partial charge in [0.1, 0.15) is 5.75 Å². The highest BCUT2D eigenvalue weighted by molar-refractivity contribution is 6.35. The molecule has 1 unspecified atom stereocenters. The number of carbonyl (C=O) groups excluding carboxylic acids is 2. The summed E-state index contributed by atoms with van der Waals surface area (Å²) >= 11 is 18.5. The van der Waals surface area contributed by atoms with Crippen molar-refractivity contribution in [3.05, 3.63) is 51.5 Å². The van der Waals surface area contributed by atoms with Crippen LogP contribution in [0.1, 0.15) is 27.7 Å². The van der Waals surface area contributed by atoms with Gasteiger partial charge in [0.15, 0.2) is 6.10 Å². The highest BCUT2D eigenvalue weighted by Crippen LogP contribution is 2.31. The fourth-order valence-electron chi connectivity index (χ4n) is 3.52. The fourth-order valence-corrected chi connectivity index (χ4v) is 4.28. The topological polar surface area (TPSA) is 61.9 Å². The summed E-state index contributed by atoms with van der Waals surface area (Å²) in [7, 11) is 0. The molecule has 2 aromatic rings. The van der Waals surface area contributed by atoms with Crippen LogP contribution in [0.25, 0.3) is 0 Å². The Morgan fingerprint density at radius 2 is 1.64 bits per heavy atom. The first-order valence-corrected chi connectivity index (χ1v) is 11.9. The molecular weight excluding hydrogens is 485 g/mol. The number of nitrogens with one attached hydrogen (secondary N) is 1. The van der Waals surface area contributed by atoms with Crippen LogP contribution in [0, 0.1) is 5.41 Å². The van der Waals surface area contributed by atoms with Crippen molar-refractivity contribution in [2.45, 2.75) is 33.8 Å². The van der Waals surface area contributed by atoms with Gasteiger partial charge in [0.25, 0.3) is 5.91 Å². The molecule has 0 radical (unpaired) electrons. The van der Waals surface area contributed by atoms with Gasteiger partial charge in [-0.15, -0.1) is 0 Å². The van der Waals surface area contributed by atoms with Crippen molar-refractivity contribution in [2.24, 2.45) is 5.41 Å². The number of hydrogen-bond acceptors (Lipinski definition) is 4. The zero-order valence-corrected chi connectivity index (χ0v) is 21.4. The maximum atomic E-state index is 12.6. The Labute approximate surface area is 209 Å². The summed E-state index contributed by atoms with van der Waals surface area (Å²) in [4.78, 5) is 29.1. The first-order valence-electron chi connectivity index (χ1n) is 10.7. The minimum Gasteiger partial charge on any atom is -0.479 e. The van der Waals surface area contributed by atoms with Crippen molar-refractivity contribution in [2.75, 3.05) is 36.4 Å². The van der Waals surface area contributed by atoms with Gasteiger partial charge in [-0.3, -0.25) is 9.59 Å². The van der Waals surface area contributed by atoms with Crippen LogP contribution in [0.15, 0.2) is 36.4 Å². The maximum Gasteiger partial charge on any atom is 0.265 e. The van der Waals surface area contributed by atoms with E-state index in [1.54, 1.807) is 37.3 Å². The molecule has 9 heteroatoms. The van der Waals surface area contributed by atoms with Gasteiger partial charge in [-0.05, 0) is 43.3 Å². The Balaban J connectivity index is 1.59. The van der Waals surface area contributed by atoms with E-state index < -0.39 is 6.10 Å². The van der Waals surface area contributed by atoms with Gasteiger partial charge in [0.2, 0.25) is 5.91 Å². The molecule has 178 valence electrons. The molecule has 1 N–H and O–H groups in total. The highest BCUT2D eigenvalue weighted by atomic mass is 35.5. The first-order chi connectivity index (χ1) is 15.5. The molecule has 0 aromatic heterocycles. The van der Waals surface area contributed by atoms with Crippen LogP contribution in [0.4, 0.5) is 11.4 Å². The van der Waals surface area contributed by atoms with E-state index >= 15 is 0 Å². The molecule has 1 heterocycles. The summed E-state index contributed by atoms with van der Waals surface area (Å²) in [5.41, 5.74) is 1.04. The number of anilines is 2. The average Bonchev–Trinajstić information content (AvgIpc) is 2.74. The van der Waals surface area contributed by atoms with Crippen LogP contribution in [0.2, 0.25) is 15.1 Å². The predicted molar refractivity (Wildman–Crippen MR) is 135 cm³/mol. The molecular formula is C24H28Cl3N3O3. The van der Waals surface area contributed by atoms with E-state index in [4.69, 9.17) is 39.5 Å². The summed E-state index contributed by atoms with van der Waals surface area (Å²) in [6.07, 6.45) is -0.782. The number of ether oxygens (including phenoxy) is 1. The minimum absolute atomic E-state index is 0.155. The maximum absolute atomic E-state index is 12.6. The van der Waals surface area contributed by atoms with Crippen molar-refractivity contribution in [1.29, 1.82) is 0 Å². The molecule has 2 amide bonds. The van der Waals surface area contributed by atoms with E-state index in [9.17, 15) is 9.59 Å². The number of carbonyl (C=O) groups is 2. The fraction of sp³-hybridized carbons (Fsp3) is 0.417. The molecule has 0 spiro atoms. The number of piperazine rings is 1. The lowest BCUT2D eigenvalue weighted by molar-refractivity contribution is -0.139. The summed E-state index contributed by atoms with van der Waals surface area (Å²) in [6.45, 7) is 10.1. The molecule has 3 rings (SSSR count). The van der Waals surface area contributed by atoms with Crippen LogP contribution in [-0.2, 0) is 9.59 Å². The largest absolute Gasteiger partial charge is 0.479 e. The van der Waals surface area contributed by atoms with E-state index in [0.29, 0.717) is 52.7 Å². The van der Waals surface area contributed by atoms with E-state index in [-0.39, 0.29) is 17.2 Å². The third kappa shape index (κ3) is 6.46. The molecule has 0 bridgehead atoms. The van der Waals surface area contributed by atoms with Crippen LogP contribution in [-0.4, -0.2) is 49.0 Å². The molecule has 1 aliphatic heterocycles. The SMILES string of the molecule is CC(Oc1ccc(Cl)cc1Cl)C(=O)Nc1ccc(N2CCN(C(=O)C(C)(C)C)CC2)c(Cl)c1. The zero-order chi connectivity index (χ0) is 24.3. The van der Waals surface area contributed by atoms with Gasteiger partial charge in [0, 0.05) is 42.3 Å². The molecule has 1 fully saturated rings. The minimum atomic E-state index is -0.782. The highest BCUT2D eigenvalue weighted by Gasteiger charge is 2.30. The molecule has 6 nitrogen and oxygen atoms in total. The lowest BCUT2D eigenvalue weighted by Crippen LogP contribution is -2.51. The van der Waals surface area contributed by atoms with Gasteiger partial charge in [0.05, 0.1) is 15.7 Å². The molecule has 0 aliphatic carbocycles. The van der Waals surface area contributed by atoms with Crippen LogP contribution in [0.3, 0.4) is 0 Å². The quantitative estimate of drug-likeness (QED) is 0.554. The second kappa shape index (κ2) is 10.4. The van der Waals surface area contributed by atoms with Gasteiger partial charge < -0.3 is 19.9 Å². The smallest absolute Gasteiger partial charge is 0.265 e. The van der Waals surface area contributed by atoms with E-state index in [2.05, 4.69) is 10.2 Å². The number of amides is 2. The molecule has 0 saturated carbocycles. The Morgan fingerprint density at radius 1 is 0.970 bits per heavy atom. The summed E-state index contributed by atoms with van der Waals surface area (Å²) in [5, 5.41) is 4.16. The molecule has 1 atom stereocenters. The monoisotopic (exact) mass is 511 g/mol. The summed E-state index contributed by atoms with van der Waals surface area (Å²) in [6, 6.07) is 10.2. The Bertz CT molecular complexity index is 1030. The van der Waals surface area contributed by atoms with E-state index in [1.165, 1.54) is 0 Å². The normalized spacial score (nSPS) is 15.2. The molecule has 33 heavy (non-hydrogen) atoms. The Hall–Kier alpha value is -2.15. The summed E-state index contributed by atoms with van der Waals surface area (Å²) < 4.78 is 5.66. The van der Waals surface area contributed by atoms with Crippen molar-refractivity contribution in [3.8, 4) is 5.75 Å². The number of nitrogens with zero attached hydrogens (tertiary/aromatic N) is 2. The van der Waals surface area contributed by atoms with Gasteiger partial charge in [-0.1, -0.05) is 55.6 Å². The second-order valence-corrected chi connectivity index (χ2v) is 10.3. The first kappa shape index (κ1) is 25.5. The predicted octanol–water partition coefficient (Wildman–Crippen LogP) is 5.75. The van der Waals surface area contributed by atoms with Gasteiger partial charge in [-0.25, -0.2) is 0 Å². The number of halogens is 3. The van der Waals surface area contributed by atoms with Crippen molar-refractivity contribution >= 4 is 58.0 Å². The summed E-state index contributed by atoms with van der Waals surface area (Å²) in [5.74, 6) is 0.197. The van der Waals surface area contributed by atoms with Gasteiger partial charge in [-0.2, -0.15) is 0 Å². The number of benzene rings is 2. The van der Waals surface area contributed by atoms with Crippen molar-refractivity contribution in [1.82, 2.24) is 4.90 Å². The second-order valence-electron chi connectivity index (χ2n) is 9.02. The van der Waals surface area contributed by atoms with Crippen molar-refractivity contribution in [3.63, 3.8) is 0 Å². The molecule has 1 saturated heterocycles. The number of rotatable bonds is 5. The number of hydrogen-bond donors (Lipinski definition) is 1. The van der Waals surface area contributed by atoms with Crippen LogP contribution < -0.4 is 15.0 Å². The lowest BCUT2D eigenvalue weighted by Gasteiger charge is -2.39. The third-order valence-corrected chi connectivity index (χ3v) is 6.16. The molecule has 1 aliphatic rings. The average molecular weight is 513 g/mol. The van der Waals surface area contributed by atoms with Crippen molar-refractivity contribution < 1.29 is 14.3 Å². The molecule has 2 aromatic carbocycles. The Kier molecular flexibility index (Phi) is 8.04. The third-order valence-electron chi connectivity index (χ3n) is 5.33. The zero-order valence-electron chi connectivity index (χ0n) is 19.1. The van der Waals surface area contributed by atoms with E-state index in [0.717, 1.165) is 5.69 Å². The lowest BCUT2D eigenvalue weighted by atomic mass is 9.94.